The zero-order valence-corrected chi connectivity index (χ0v) is 13.7. The predicted molar refractivity (Wildman–Crippen MR) is 86.0 cm³/mol. The molecule has 0 aromatic heterocycles. The number of hydrogen-bond acceptors (Lipinski definition) is 3. The summed E-state index contributed by atoms with van der Waals surface area (Å²) in [5.41, 5.74) is -0.152. The van der Waals surface area contributed by atoms with Gasteiger partial charge in [0, 0.05) is 28.0 Å². The zero-order valence-electron chi connectivity index (χ0n) is 12.1. The van der Waals surface area contributed by atoms with Crippen molar-refractivity contribution in [2.24, 2.45) is 0 Å². The van der Waals surface area contributed by atoms with E-state index in [1.807, 2.05) is 11.8 Å². The number of benzene rings is 1. The fourth-order valence-electron chi connectivity index (χ4n) is 2.77. The lowest BCUT2D eigenvalue weighted by Gasteiger charge is -2.37. The summed E-state index contributed by atoms with van der Waals surface area (Å²) >= 11 is 3.67. The van der Waals surface area contributed by atoms with Crippen LogP contribution in [0, 0.1) is 0 Å². The first-order chi connectivity index (χ1) is 9.99. The van der Waals surface area contributed by atoms with E-state index in [2.05, 4.69) is 12.2 Å². The second-order valence-electron chi connectivity index (χ2n) is 5.00. The third-order valence-corrected chi connectivity index (χ3v) is 7.09. The maximum absolute atomic E-state index is 13.3. The van der Waals surface area contributed by atoms with E-state index in [0.717, 1.165) is 17.9 Å². The molecular formula is C15H20F3NS2. The summed E-state index contributed by atoms with van der Waals surface area (Å²) in [6, 6.07) is 5.67. The molecule has 1 nitrogen and oxygen atoms in total. The average molecular weight is 335 g/mol. The van der Waals surface area contributed by atoms with Crippen molar-refractivity contribution >= 4 is 23.5 Å². The molecule has 1 aliphatic heterocycles. The highest BCUT2D eigenvalue weighted by atomic mass is 32.2. The number of thioether (sulfide) groups is 2. The van der Waals surface area contributed by atoms with Gasteiger partial charge in [-0.3, -0.25) is 0 Å². The highest BCUT2D eigenvalue weighted by Crippen LogP contribution is 2.43. The van der Waals surface area contributed by atoms with Gasteiger partial charge in [0.15, 0.2) is 0 Å². The summed E-state index contributed by atoms with van der Waals surface area (Å²) in [5, 5.41) is 3.69. The van der Waals surface area contributed by atoms with E-state index in [-0.39, 0.29) is 11.3 Å². The number of nitrogens with one attached hydrogen (secondary N) is 1. The number of rotatable bonds is 4. The second-order valence-corrected chi connectivity index (χ2v) is 7.64. The first-order valence-corrected chi connectivity index (χ1v) is 9.15. The molecule has 3 unspecified atom stereocenters. The van der Waals surface area contributed by atoms with Crippen molar-refractivity contribution in [3.63, 3.8) is 0 Å². The third-order valence-electron chi connectivity index (χ3n) is 3.74. The Bertz CT molecular complexity index is 464. The fraction of sp³-hybridized carbons (Fsp3) is 0.600. The Labute approximate surface area is 132 Å². The Morgan fingerprint density at radius 2 is 1.90 bits per heavy atom. The number of alkyl halides is 3. The van der Waals surface area contributed by atoms with E-state index in [1.165, 1.54) is 12.1 Å². The van der Waals surface area contributed by atoms with Crippen molar-refractivity contribution in [3.05, 3.63) is 35.4 Å². The smallest absolute Gasteiger partial charge is 0.312 e. The summed E-state index contributed by atoms with van der Waals surface area (Å²) in [6.45, 7) is 2.11. The molecule has 1 N–H and O–H groups in total. The lowest BCUT2D eigenvalue weighted by atomic mass is 9.95. The topological polar surface area (TPSA) is 12.0 Å². The third kappa shape index (κ3) is 3.90. The van der Waals surface area contributed by atoms with Crippen LogP contribution in [-0.4, -0.2) is 29.1 Å². The van der Waals surface area contributed by atoms with Gasteiger partial charge < -0.3 is 5.32 Å². The van der Waals surface area contributed by atoms with E-state index in [1.54, 1.807) is 30.9 Å². The molecule has 1 aromatic carbocycles. The molecule has 0 amide bonds. The first-order valence-electron chi connectivity index (χ1n) is 7.05. The van der Waals surface area contributed by atoms with Crippen LogP contribution < -0.4 is 5.32 Å². The van der Waals surface area contributed by atoms with E-state index in [9.17, 15) is 13.2 Å². The normalized spacial score (nSPS) is 24.8. The van der Waals surface area contributed by atoms with Crippen LogP contribution in [0.15, 0.2) is 24.3 Å². The highest BCUT2D eigenvalue weighted by molar-refractivity contribution is 8.07. The van der Waals surface area contributed by atoms with Crippen molar-refractivity contribution < 1.29 is 13.2 Å². The molecule has 1 aliphatic rings. The maximum Gasteiger partial charge on any atom is 0.416 e. The lowest BCUT2D eigenvalue weighted by Crippen LogP contribution is -2.38. The van der Waals surface area contributed by atoms with Crippen LogP contribution in [0.3, 0.4) is 0 Å². The van der Waals surface area contributed by atoms with Gasteiger partial charge in [-0.25, -0.2) is 0 Å². The largest absolute Gasteiger partial charge is 0.416 e. The van der Waals surface area contributed by atoms with Crippen molar-refractivity contribution in [1.29, 1.82) is 0 Å². The van der Waals surface area contributed by atoms with Crippen molar-refractivity contribution in [2.75, 3.05) is 18.6 Å². The molecule has 1 saturated heterocycles. The first kappa shape index (κ1) is 17.0. The summed E-state index contributed by atoms with van der Waals surface area (Å²) < 4.78 is 39.8. The molecule has 118 valence electrons. The van der Waals surface area contributed by atoms with Crippen molar-refractivity contribution in [3.8, 4) is 0 Å². The SMILES string of the molecule is CCC1SCCSC1C(NC)c1ccccc1C(F)(F)F. The highest BCUT2D eigenvalue weighted by Gasteiger charge is 2.39. The van der Waals surface area contributed by atoms with Crippen LogP contribution >= 0.6 is 23.5 Å². The summed E-state index contributed by atoms with van der Waals surface area (Å²) in [4.78, 5) is 0. The molecule has 0 aliphatic carbocycles. The molecule has 0 radical (unpaired) electrons. The minimum absolute atomic E-state index is 0.169. The predicted octanol–water partition coefficient (Wildman–Crippen LogP) is 4.59. The van der Waals surface area contributed by atoms with Crippen LogP contribution in [0.25, 0.3) is 0 Å². The van der Waals surface area contributed by atoms with Crippen LogP contribution in [0.1, 0.15) is 30.5 Å². The van der Waals surface area contributed by atoms with Crippen LogP contribution in [0.5, 0.6) is 0 Å². The molecule has 0 bridgehead atoms. The fourth-order valence-corrected chi connectivity index (χ4v) is 6.05. The van der Waals surface area contributed by atoms with Gasteiger partial charge in [0.2, 0.25) is 0 Å². The average Bonchev–Trinajstić information content (AvgIpc) is 2.48. The Hall–Kier alpha value is -0.330. The monoisotopic (exact) mass is 335 g/mol. The molecule has 1 aromatic rings. The standard InChI is InChI=1S/C15H20F3NS2/c1-3-12-14(21-9-8-20-12)13(19-2)10-6-4-5-7-11(10)15(16,17)18/h4-7,12-14,19H,3,8-9H2,1-2H3. The second kappa shape index (κ2) is 7.29. The number of halogens is 3. The Morgan fingerprint density at radius 1 is 1.24 bits per heavy atom. The van der Waals surface area contributed by atoms with Gasteiger partial charge in [0.05, 0.1) is 5.56 Å². The molecule has 6 heteroatoms. The minimum atomic E-state index is -4.31. The van der Waals surface area contributed by atoms with E-state index in [4.69, 9.17) is 0 Å². The van der Waals surface area contributed by atoms with Gasteiger partial charge in [-0.15, -0.1) is 0 Å². The molecule has 1 heterocycles. The summed E-state index contributed by atoms with van der Waals surface area (Å²) in [5.74, 6) is 2.08. The Morgan fingerprint density at radius 3 is 2.52 bits per heavy atom. The molecule has 2 rings (SSSR count). The van der Waals surface area contributed by atoms with Gasteiger partial charge in [-0.1, -0.05) is 25.1 Å². The lowest BCUT2D eigenvalue weighted by molar-refractivity contribution is -0.138. The maximum atomic E-state index is 13.3. The van der Waals surface area contributed by atoms with Gasteiger partial charge in [0.25, 0.3) is 0 Å². The molecule has 3 atom stereocenters. The van der Waals surface area contributed by atoms with Crippen molar-refractivity contribution in [1.82, 2.24) is 5.32 Å². The van der Waals surface area contributed by atoms with Crippen LogP contribution in [0.2, 0.25) is 0 Å². The van der Waals surface area contributed by atoms with Gasteiger partial charge in [0.1, 0.15) is 0 Å². The van der Waals surface area contributed by atoms with Crippen molar-refractivity contribution in [2.45, 2.75) is 36.1 Å². The summed E-state index contributed by atoms with van der Waals surface area (Å²) in [6.07, 6.45) is -3.32. The Balaban J connectivity index is 2.37. The van der Waals surface area contributed by atoms with Crippen LogP contribution in [0.4, 0.5) is 13.2 Å². The van der Waals surface area contributed by atoms with E-state index >= 15 is 0 Å². The van der Waals surface area contributed by atoms with Gasteiger partial charge >= 0.3 is 6.18 Å². The molecule has 0 saturated carbocycles. The van der Waals surface area contributed by atoms with Crippen LogP contribution in [-0.2, 0) is 6.18 Å². The number of hydrogen-bond donors (Lipinski definition) is 1. The zero-order chi connectivity index (χ0) is 15.5. The van der Waals surface area contributed by atoms with Gasteiger partial charge in [-0.2, -0.15) is 36.7 Å². The molecule has 21 heavy (non-hydrogen) atoms. The quantitative estimate of drug-likeness (QED) is 0.864. The van der Waals surface area contributed by atoms with E-state index < -0.39 is 11.7 Å². The molecule has 0 spiro atoms. The molecular weight excluding hydrogens is 315 g/mol. The van der Waals surface area contributed by atoms with E-state index in [0.29, 0.717) is 10.8 Å². The minimum Gasteiger partial charge on any atom is -0.312 e. The summed E-state index contributed by atoms with van der Waals surface area (Å²) in [7, 11) is 1.75. The Kier molecular flexibility index (Phi) is 5.91. The molecule has 1 fully saturated rings. The van der Waals surface area contributed by atoms with Gasteiger partial charge in [-0.05, 0) is 25.1 Å².